The molecule has 78 valence electrons. The van der Waals surface area contributed by atoms with Gasteiger partial charge in [-0.3, -0.25) is 4.79 Å². The van der Waals surface area contributed by atoms with Crippen LogP contribution in [0.5, 0.6) is 0 Å². The number of hydrogen-bond donors (Lipinski definition) is 1. The molecule has 0 bridgehead atoms. The fraction of sp³-hybridized carbons (Fsp3) is 0.600. The summed E-state index contributed by atoms with van der Waals surface area (Å²) in [6.07, 6.45) is 2.03. The van der Waals surface area contributed by atoms with Gasteiger partial charge in [0.05, 0.1) is 12.5 Å². The van der Waals surface area contributed by atoms with Crippen molar-refractivity contribution in [2.24, 2.45) is 11.3 Å². The van der Waals surface area contributed by atoms with Crippen LogP contribution in [0.3, 0.4) is 0 Å². The maximum Gasteiger partial charge on any atom is 0.331 e. The third-order valence-electron chi connectivity index (χ3n) is 3.07. The van der Waals surface area contributed by atoms with Crippen molar-refractivity contribution in [2.45, 2.75) is 20.3 Å². The van der Waals surface area contributed by atoms with Gasteiger partial charge in [0.2, 0.25) is 0 Å². The second-order valence-electron chi connectivity index (χ2n) is 3.80. The Labute approximate surface area is 82.6 Å². The molecule has 2 atom stereocenters. The summed E-state index contributed by atoms with van der Waals surface area (Å²) in [6, 6.07) is 0. The van der Waals surface area contributed by atoms with Crippen molar-refractivity contribution in [3.05, 3.63) is 11.6 Å². The quantitative estimate of drug-likeness (QED) is 0.677. The van der Waals surface area contributed by atoms with Gasteiger partial charge in [0.15, 0.2) is 0 Å². The van der Waals surface area contributed by atoms with E-state index in [1.54, 1.807) is 19.9 Å². The average Bonchev–Trinajstić information content (AvgIpc) is 2.44. The molecule has 0 saturated carbocycles. The van der Waals surface area contributed by atoms with E-state index >= 15 is 0 Å². The molecule has 0 aromatic rings. The highest BCUT2D eigenvalue weighted by Gasteiger charge is 2.46. The van der Waals surface area contributed by atoms with Gasteiger partial charge in [0.25, 0.3) is 0 Å². The summed E-state index contributed by atoms with van der Waals surface area (Å²) < 4.78 is 4.67. The van der Waals surface area contributed by atoms with Crippen LogP contribution in [-0.2, 0) is 14.3 Å². The highest BCUT2D eigenvalue weighted by molar-refractivity contribution is 5.91. The van der Waals surface area contributed by atoms with Gasteiger partial charge in [0.1, 0.15) is 0 Å². The molecule has 14 heavy (non-hydrogen) atoms. The number of carbonyl (C=O) groups excluding carboxylic acids is 1. The van der Waals surface area contributed by atoms with Crippen LogP contribution in [0.4, 0.5) is 0 Å². The monoisotopic (exact) mass is 198 g/mol. The minimum atomic E-state index is -0.954. The Morgan fingerprint density at radius 1 is 1.64 bits per heavy atom. The van der Waals surface area contributed by atoms with Gasteiger partial charge >= 0.3 is 11.9 Å². The Kier molecular flexibility index (Phi) is 2.64. The molecule has 4 heteroatoms. The first-order valence-electron chi connectivity index (χ1n) is 4.45. The second kappa shape index (κ2) is 3.44. The largest absolute Gasteiger partial charge is 0.478 e. The van der Waals surface area contributed by atoms with E-state index in [9.17, 15) is 9.59 Å². The molecule has 1 aliphatic carbocycles. The molecule has 0 aromatic carbocycles. The van der Waals surface area contributed by atoms with Gasteiger partial charge in [-0.25, -0.2) is 4.79 Å². The summed E-state index contributed by atoms with van der Waals surface area (Å²) >= 11 is 0. The van der Waals surface area contributed by atoms with Crippen LogP contribution >= 0.6 is 0 Å². The maximum absolute atomic E-state index is 11.5. The predicted molar refractivity (Wildman–Crippen MR) is 49.6 cm³/mol. The predicted octanol–water partition coefficient (Wildman–Crippen LogP) is 1.22. The van der Waals surface area contributed by atoms with E-state index in [1.807, 2.05) is 0 Å². The first-order chi connectivity index (χ1) is 6.43. The zero-order valence-corrected chi connectivity index (χ0v) is 8.53. The van der Waals surface area contributed by atoms with Crippen molar-refractivity contribution in [3.8, 4) is 0 Å². The van der Waals surface area contributed by atoms with Crippen LogP contribution in [0.2, 0.25) is 0 Å². The van der Waals surface area contributed by atoms with Crippen LogP contribution in [0.1, 0.15) is 20.3 Å². The number of carbonyl (C=O) groups is 2. The molecule has 4 nitrogen and oxygen atoms in total. The molecule has 1 N–H and O–H groups in total. The molecule has 0 aliphatic heterocycles. The SMILES string of the molecule is COC(=O)C1(C)CC=C(C(=O)O)C1C. The van der Waals surface area contributed by atoms with Crippen molar-refractivity contribution in [1.82, 2.24) is 0 Å². The zero-order valence-electron chi connectivity index (χ0n) is 8.53. The van der Waals surface area contributed by atoms with Crippen LogP contribution < -0.4 is 0 Å². The molecule has 0 saturated heterocycles. The lowest BCUT2D eigenvalue weighted by atomic mass is 9.78. The topological polar surface area (TPSA) is 63.6 Å². The summed E-state index contributed by atoms with van der Waals surface area (Å²) in [4.78, 5) is 22.3. The molecule has 1 aliphatic rings. The van der Waals surface area contributed by atoms with Crippen molar-refractivity contribution in [3.63, 3.8) is 0 Å². The fourth-order valence-electron chi connectivity index (χ4n) is 1.78. The molecular weight excluding hydrogens is 184 g/mol. The van der Waals surface area contributed by atoms with E-state index in [4.69, 9.17) is 5.11 Å². The number of ether oxygens (including phenoxy) is 1. The summed E-state index contributed by atoms with van der Waals surface area (Å²) in [5.41, 5.74) is -0.416. The highest BCUT2D eigenvalue weighted by atomic mass is 16.5. The van der Waals surface area contributed by atoms with Crippen LogP contribution in [0.25, 0.3) is 0 Å². The van der Waals surface area contributed by atoms with Crippen molar-refractivity contribution in [2.75, 3.05) is 7.11 Å². The Balaban J connectivity index is 2.92. The van der Waals surface area contributed by atoms with Gasteiger partial charge in [-0.05, 0) is 13.3 Å². The minimum Gasteiger partial charge on any atom is -0.478 e. The van der Waals surface area contributed by atoms with Gasteiger partial charge in [-0.15, -0.1) is 0 Å². The molecule has 0 spiro atoms. The van der Waals surface area contributed by atoms with E-state index in [1.165, 1.54) is 7.11 Å². The fourth-order valence-corrected chi connectivity index (χ4v) is 1.78. The van der Waals surface area contributed by atoms with E-state index in [2.05, 4.69) is 4.74 Å². The van der Waals surface area contributed by atoms with Gasteiger partial charge in [0, 0.05) is 11.5 Å². The standard InChI is InChI=1S/C10H14O4/c1-6-7(8(11)12)4-5-10(6,2)9(13)14-3/h4,6H,5H2,1-3H3,(H,11,12). The first-order valence-corrected chi connectivity index (χ1v) is 4.45. The molecule has 1 rings (SSSR count). The van der Waals surface area contributed by atoms with E-state index in [0.717, 1.165) is 0 Å². The van der Waals surface area contributed by atoms with Crippen molar-refractivity contribution in [1.29, 1.82) is 0 Å². The highest BCUT2D eigenvalue weighted by Crippen LogP contribution is 2.43. The average molecular weight is 198 g/mol. The number of allylic oxidation sites excluding steroid dienone is 1. The minimum absolute atomic E-state index is 0.299. The van der Waals surface area contributed by atoms with Crippen LogP contribution in [0.15, 0.2) is 11.6 Å². The molecule has 0 amide bonds. The van der Waals surface area contributed by atoms with Crippen molar-refractivity contribution < 1.29 is 19.4 Å². The van der Waals surface area contributed by atoms with Crippen LogP contribution in [-0.4, -0.2) is 24.2 Å². The number of esters is 1. The first kappa shape index (κ1) is 10.8. The van der Waals surface area contributed by atoms with Crippen LogP contribution in [0, 0.1) is 11.3 Å². The van der Waals surface area contributed by atoms with E-state index in [-0.39, 0.29) is 11.9 Å². The molecule has 0 radical (unpaired) electrons. The molecular formula is C10H14O4. The number of methoxy groups -OCH3 is 1. The summed E-state index contributed by atoms with van der Waals surface area (Å²) in [5, 5.41) is 8.85. The van der Waals surface area contributed by atoms with Crippen molar-refractivity contribution >= 4 is 11.9 Å². The van der Waals surface area contributed by atoms with E-state index in [0.29, 0.717) is 12.0 Å². The number of aliphatic carboxylic acids is 1. The second-order valence-corrected chi connectivity index (χ2v) is 3.80. The lowest BCUT2D eigenvalue weighted by molar-refractivity contribution is -0.153. The third-order valence-corrected chi connectivity index (χ3v) is 3.07. The number of carboxylic acid groups (broad SMARTS) is 1. The Hall–Kier alpha value is -1.32. The molecule has 0 fully saturated rings. The number of rotatable bonds is 2. The smallest absolute Gasteiger partial charge is 0.331 e. The molecule has 0 heterocycles. The summed E-state index contributed by atoms with van der Waals surface area (Å²) in [5.74, 6) is -1.60. The Bertz CT molecular complexity index is 305. The summed E-state index contributed by atoms with van der Waals surface area (Å²) in [6.45, 7) is 3.47. The molecule has 2 unspecified atom stereocenters. The summed E-state index contributed by atoms with van der Waals surface area (Å²) in [7, 11) is 1.32. The lowest BCUT2D eigenvalue weighted by Crippen LogP contribution is -2.33. The van der Waals surface area contributed by atoms with Gasteiger partial charge < -0.3 is 9.84 Å². The lowest BCUT2D eigenvalue weighted by Gasteiger charge is -2.26. The third kappa shape index (κ3) is 1.41. The Morgan fingerprint density at radius 3 is 2.57 bits per heavy atom. The normalized spacial score (nSPS) is 31.1. The zero-order chi connectivity index (χ0) is 10.9. The Morgan fingerprint density at radius 2 is 2.21 bits per heavy atom. The maximum atomic E-state index is 11.5. The number of carboxylic acids is 1. The van der Waals surface area contributed by atoms with E-state index < -0.39 is 11.4 Å². The molecule has 0 aromatic heterocycles. The number of hydrogen-bond acceptors (Lipinski definition) is 3. The van der Waals surface area contributed by atoms with Gasteiger partial charge in [-0.1, -0.05) is 13.0 Å². The van der Waals surface area contributed by atoms with Gasteiger partial charge in [-0.2, -0.15) is 0 Å².